The van der Waals surface area contributed by atoms with E-state index in [9.17, 15) is 4.79 Å². The van der Waals surface area contributed by atoms with E-state index in [0.717, 1.165) is 0 Å². The minimum absolute atomic E-state index is 0.0249. The maximum absolute atomic E-state index is 11.8. The van der Waals surface area contributed by atoms with Gasteiger partial charge >= 0.3 is 0 Å². The number of rotatable bonds is 4. The molecule has 0 aromatic carbocycles. The van der Waals surface area contributed by atoms with Crippen LogP contribution in [-0.2, 0) is 23.7 Å². The van der Waals surface area contributed by atoms with Gasteiger partial charge in [-0.25, -0.2) is 0 Å². The van der Waals surface area contributed by atoms with Crippen LogP contribution in [0.4, 0.5) is 0 Å². The number of aliphatic hydroxyl groups excluding tert-OH is 2. The van der Waals surface area contributed by atoms with Crippen LogP contribution in [0.2, 0.25) is 0 Å². The van der Waals surface area contributed by atoms with Gasteiger partial charge in [-0.3, -0.25) is 4.79 Å². The van der Waals surface area contributed by atoms with E-state index in [2.05, 4.69) is 5.32 Å². The van der Waals surface area contributed by atoms with Crippen molar-refractivity contribution in [3.8, 4) is 0 Å². The molecule has 0 radical (unpaired) electrons. The first kappa shape index (κ1) is 13.7. The Morgan fingerprint density at radius 2 is 1.83 bits per heavy atom. The number of amides is 1. The lowest BCUT2D eigenvalue weighted by Gasteiger charge is -2.42. The summed E-state index contributed by atoms with van der Waals surface area (Å²) in [6.07, 6.45) is -2.51. The normalized spacial score (nSPS) is 35.9. The largest absolute Gasteiger partial charge is 0.395 e. The molecule has 0 aromatic rings. The van der Waals surface area contributed by atoms with Crippen LogP contribution in [0, 0.1) is 0 Å². The third kappa shape index (κ3) is 2.79. The Morgan fingerprint density at radius 3 is 2.56 bits per heavy atom. The Labute approximate surface area is 104 Å². The minimum Gasteiger partial charge on any atom is -0.395 e. The number of carbonyl (C=O) groups excluding carboxylic acids is 1. The predicted octanol–water partition coefficient (Wildman–Crippen LogP) is -2.43. The van der Waals surface area contributed by atoms with E-state index in [1.165, 1.54) is 0 Å². The molecule has 3 N–H and O–H groups in total. The van der Waals surface area contributed by atoms with Crippen LogP contribution < -0.4 is 5.32 Å². The van der Waals surface area contributed by atoms with Gasteiger partial charge in [-0.1, -0.05) is 0 Å². The summed E-state index contributed by atoms with van der Waals surface area (Å²) in [4.78, 5) is 11.8. The zero-order valence-corrected chi connectivity index (χ0v) is 9.78. The number of hydrogen-bond donors (Lipinski definition) is 3. The summed E-state index contributed by atoms with van der Waals surface area (Å²) in [5.41, 5.74) is 0. The fourth-order valence-electron chi connectivity index (χ4n) is 2.02. The number of ether oxygens (including phenoxy) is 4. The molecule has 2 fully saturated rings. The van der Waals surface area contributed by atoms with Crippen molar-refractivity contribution in [2.24, 2.45) is 0 Å². The quantitative estimate of drug-likeness (QED) is 0.518. The van der Waals surface area contributed by atoms with E-state index in [4.69, 9.17) is 29.2 Å². The molecule has 2 aliphatic heterocycles. The number of carbonyl (C=O) groups is 1. The molecule has 8 nitrogen and oxygen atoms in total. The highest BCUT2D eigenvalue weighted by atomic mass is 16.8. The van der Waals surface area contributed by atoms with Crippen molar-refractivity contribution in [3.63, 3.8) is 0 Å². The first-order valence-electron chi connectivity index (χ1n) is 5.73. The molecule has 2 saturated heterocycles. The van der Waals surface area contributed by atoms with Crippen molar-refractivity contribution in [3.05, 3.63) is 0 Å². The Hall–Kier alpha value is -0.770. The van der Waals surface area contributed by atoms with Gasteiger partial charge in [0.15, 0.2) is 6.10 Å². The van der Waals surface area contributed by atoms with Gasteiger partial charge in [0.25, 0.3) is 5.91 Å². The van der Waals surface area contributed by atoms with Gasteiger partial charge in [-0.05, 0) is 0 Å². The van der Waals surface area contributed by atoms with Gasteiger partial charge in [0.2, 0.25) is 0 Å². The molecule has 2 rings (SSSR count). The molecule has 0 aliphatic carbocycles. The third-order valence-electron chi connectivity index (χ3n) is 2.89. The summed E-state index contributed by atoms with van der Waals surface area (Å²) in [5, 5.41) is 20.3. The third-order valence-corrected chi connectivity index (χ3v) is 2.89. The van der Waals surface area contributed by atoms with Gasteiger partial charge in [-0.15, -0.1) is 0 Å². The molecule has 0 saturated carbocycles. The van der Waals surface area contributed by atoms with Gasteiger partial charge in [0.1, 0.15) is 31.9 Å². The molecule has 0 spiro atoms. The lowest BCUT2D eigenvalue weighted by molar-refractivity contribution is -0.320. The number of fused-ring (bicyclic) bond motifs is 1. The van der Waals surface area contributed by atoms with Crippen LogP contribution in [0.1, 0.15) is 0 Å². The predicted molar refractivity (Wildman–Crippen MR) is 56.4 cm³/mol. The maximum Gasteiger partial charge on any atom is 0.252 e. The maximum atomic E-state index is 11.8. The Kier molecular flexibility index (Phi) is 4.87. The molecule has 1 amide bonds. The molecule has 2 aliphatic rings. The highest BCUT2D eigenvalue weighted by Gasteiger charge is 2.46. The van der Waals surface area contributed by atoms with Crippen LogP contribution in [0.5, 0.6) is 0 Å². The molecule has 2 heterocycles. The Bertz CT molecular complexity index is 287. The molecule has 4 atom stereocenters. The monoisotopic (exact) mass is 263 g/mol. The molecule has 0 bridgehead atoms. The fraction of sp³-hybridized carbons (Fsp3) is 0.900. The van der Waals surface area contributed by atoms with E-state index in [0.29, 0.717) is 0 Å². The van der Waals surface area contributed by atoms with Crippen LogP contribution in [0.25, 0.3) is 0 Å². The van der Waals surface area contributed by atoms with Crippen LogP contribution >= 0.6 is 0 Å². The van der Waals surface area contributed by atoms with E-state index in [-0.39, 0.29) is 39.3 Å². The Balaban J connectivity index is 2.00. The van der Waals surface area contributed by atoms with Crippen molar-refractivity contribution in [2.45, 2.75) is 24.4 Å². The summed E-state index contributed by atoms with van der Waals surface area (Å²) in [7, 11) is 0. The molecule has 4 unspecified atom stereocenters. The van der Waals surface area contributed by atoms with Crippen molar-refractivity contribution in [1.82, 2.24) is 5.32 Å². The minimum atomic E-state index is -0.826. The van der Waals surface area contributed by atoms with Gasteiger partial charge < -0.3 is 34.5 Å². The Morgan fingerprint density at radius 1 is 1.11 bits per heavy atom. The number of aliphatic hydroxyl groups is 2. The van der Waals surface area contributed by atoms with Crippen molar-refractivity contribution < 1.29 is 34.0 Å². The van der Waals surface area contributed by atoms with Crippen molar-refractivity contribution >= 4 is 5.91 Å². The lowest BCUT2D eigenvalue weighted by Crippen LogP contribution is -2.61. The summed E-state index contributed by atoms with van der Waals surface area (Å²) < 4.78 is 21.0. The van der Waals surface area contributed by atoms with Crippen molar-refractivity contribution in [2.75, 3.05) is 33.3 Å². The molecular formula is C10H17NO7. The lowest BCUT2D eigenvalue weighted by atomic mass is 10.0. The first-order chi connectivity index (χ1) is 8.77. The second-order valence-corrected chi connectivity index (χ2v) is 3.99. The highest BCUT2D eigenvalue weighted by molar-refractivity contribution is 5.81. The van der Waals surface area contributed by atoms with Gasteiger partial charge in [0, 0.05) is 6.54 Å². The smallest absolute Gasteiger partial charge is 0.252 e. The summed E-state index contributed by atoms with van der Waals surface area (Å²) in [6.45, 7) is -0.302. The standard InChI is InChI=1S/C10H17NO7/c12-2-1-11-10(14)9-8-7(16-5-18-9)6(3-13)15-4-17-8/h6-9,12-13H,1-5H2,(H,11,14). The van der Waals surface area contributed by atoms with Gasteiger partial charge in [-0.2, -0.15) is 0 Å². The number of hydrogen-bond acceptors (Lipinski definition) is 7. The fourth-order valence-corrected chi connectivity index (χ4v) is 2.02. The highest BCUT2D eigenvalue weighted by Crippen LogP contribution is 2.25. The van der Waals surface area contributed by atoms with E-state index < -0.39 is 24.4 Å². The second-order valence-electron chi connectivity index (χ2n) is 3.99. The molecule has 8 heteroatoms. The van der Waals surface area contributed by atoms with Crippen molar-refractivity contribution in [1.29, 1.82) is 0 Å². The molecule has 18 heavy (non-hydrogen) atoms. The average molecular weight is 263 g/mol. The zero-order valence-electron chi connectivity index (χ0n) is 9.78. The van der Waals surface area contributed by atoms with Crippen LogP contribution in [-0.4, -0.2) is 73.9 Å². The number of nitrogens with one attached hydrogen (secondary N) is 1. The van der Waals surface area contributed by atoms with E-state index in [1.807, 2.05) is 0 Å². The average Bonchev–Trinajstić information content (AvgIpc) is 2.43. The van der Waals surface area contributed by atoms with Crippen LogP contribution in [0.15, 0.2) is 0 Å². The van der Waals surface area contributed by atoms with E-state index in [1.54, 1.807) is 0 Å². The topological polar surface area (TPSA) is 106 Å². The summed E-state index contributed by atoms with van der Waals surface area (Å²) in [6, 6.07) is 0. The second kappa shape index (κ2) is 6.41. The zero-order chi connectivity index (χ0) is 13.0. The molecule has 0 aromatic heterocycles. The summed E-state index contributed by atoms with van der Waals surface area (Å²) in [5.74, 6) is -0.374. The van der Waals surface area contributed by atoms with Gasteiger partial charge in [0.05, 0.1) is 13.2 Å². The van der Waals surface area contributed by atoms with E-state index >= 15 is 0 Å². The first-order valence-corrected chi connectivity index (χ1v) is 5.73. The summed E-state index contributed by atoms with van der Waals surface area (Å²) >= 11 is 0. The van der Waals surface area contributed by atoms with Crippen LogP contribution in [0.3, 0.4) is 0 Å². The molecular weight excluding hydrogens is 246 g/mol. The molecule has 104 valence electrons. The SMILES string of the molecule is O=C(NCCO)C1OCOC2C(CO)OCOC12.